The normalized spacial score (nSPS) is 11.6. The molecule has 0 radical (unpaired) electrons. The van der Waals surface area contributed by atoms with Gasteiger partial charge in [-0.15, -0.1) is 0 Å². The lowest BCUT2D eigenvalue weighted by Gasteiger charge is -2.27. The molecule has 0 nitrogen and oxygen atoms in total. The van der Waals surface area contributed by atoms with E-state index in [1.54, 1.807) is 0 Å². The molecule has 0 saturated carbocycles. The Morgan fingerprint density at radius 3 is 1.29 bits per heavy atom. The van der Waals surface area contributed by atoms with E-state index in [0.29, 0.717) is 0 Å². The van der Waals surface area contributed by atoms with E-state index in [-0.39, 0.29) is 0 Å². The highest BCUT2D eigenvalue weighted by molar-refractivity contribution is 7.95. The molecule has 0 fully saturated rings. The lowest BCUT2D eigenvalue weighted by Crippen LogP contribution is -2.33. The van der Waals surface area contributed by atoms with Gasteiger partial charge in [-0.3, -0.25) is 0 Å². The predicted molar refractivity (Wildman–Crippen MR) is 139 cm³/mol. The fourth-order valence-corrected chi connectivity index (χ4v) is 8.53. The Balaban J connectivity index is 1.60. The molecule has 4 rings (SSSR count). The van der Waals surface area contributed by atoms with Gasteiger partial charge in [0.25, 0.3) is 0 Å². The summed E-state index contributed by atoms with van der Waals surface area (Å²) < 4.78 is 0. The molecule has 154 valence electrons. The summed E-state index contributed by atoms with van der Waals surface area (Å²) in [6.07, 6.45) is 9.19. The summed E-state index contributed by atoms with van der Waals surface area (Å²) in [6, 6.07) is 44.2. The van der Waals surface area contributed by atoms with E-state index in [4.69, 9.17) is 0 Å². The van der Waals surface area contributed by atoms with E-state index < -0.39 is 7.26 Å². The summed E-state index contributed by atoms with van der Waals surface area (Å²) in [5, 5.41) is 4.39. The molecule has 0 aliphatic heterocycles. The van der Waals surface area contributed by atoms with Crippen molar-refractivity contribution in [3.63, 3.8) is 0 Å². The maximum Gasteiger partial charge on any atom is 0.112 e. The minimum atomic E-state index is -1.71. The summed E-state index contributed by atoms with van der Waals surface area (Å²) in [4.78, 5) is 0. The summed E-state index contributed by atoms with van der Waals surface area (Å²) in [7, 11) is -1.71. The van der Waals surface area contributed by atoms with Crippen LogP contribution in [0.25, 0.3) is 0 Å². The number of allylic oxidation sites excluding steroid dienone is 2. The first-order chi connectivity index (χ1) is 15.4. The molecule has 31 heavy (non-hydrogen) atoms. The van der Waals surface area contributed by atoms with Gasteiger partial charge in [-0.25, -0.2) is 0 Å². The average molecular weight is 422 g/mol. The van der Waals surface area contributed by atoms with Crippen LogP contribution in [-0.2, 0) is 6.42 Å². The molecule has 0 saturated heterocycles. The van der Waals surface area contributed by atoms with Gasteiger partial charge < -0.3 is 0 Å². The Hall–Kier alpha value is -2.95. The monoisotopic (exact) mass is 421 g/mol. The molecule has 0 atom stereocenters. The molecule has 0 amide bonds. The second-order valence-corrected chi connectivity index (χ2v) is 11.4. The molecule has 0 heterocycles. The standard InChI is InChI=1S/C30H30P/c1(7-17-27-18-8-3-9-19-27)2-16-26-31(28-20-10-4-11-21-28,29-22-12-5-13-23-29)30-24-14-6-15-25-30/h1-6,8-15,18-25H,7,16-17,26H2/q+1/b2-1+. The summed E-state index contributed by atoms with van der Waals surface area (Å²) in [5.41, 5.74) is 1.41. The molecule has 0 aliphatic carbocycles. The average Bonchev–Trinajstić information content (AvgIpc) is 2.86. The van der Waals surface area contributed by atoms with Crippen molar-refractivity contribution >= 4 is 23.2 Å². The predicted octanol–water partition coefficient (Wildman–Crippen LogP) is 6.56. The topological polar surface area (TPSA) is 0 Å². The number of hydrogen-bond donors (Lipinski definition) is 0. The highest BCUT2D eigenvalue weighted by atomic mass is 31.2. The summed E-state index contributed by atoms with van der Waals surface area (Å²) in [6.45, 7) is 0. The zero-order valence-electron chi connectivity index (χ0n) is 18.0. The fourth-order valence-electron chi connectivity index (χ4n) is 4.28. The maximum atomic E-state index is 2.40. The molecule has 0 aliphatic rings. The Bertz CT molecular complexity index is 958. The first-order valence-electron chi connectivity index (χ1n) is 11.1. The molecule has 0 unspecified atom stereocenters. The molecule has 0 spiro atoms. The van der Waals surface area contributed by atoms with Crippen molar-refractivity contribution in [3.8, 4) is 0 Å². The Kier molecular flexibility index (Phi) is 7.48. The zero-order chi connectivity index (χ0) is 21.2. The third-order valence-electron chi connectivity index (χ3n) is 5.83. The molecule has 0 N–H and O–H groups in total. The third kappa shape index (κ3) is 5.22. The van der Waals surface area contributed by atoms with Gasteiger partial charge in [0.05, 0.1) is 6.16 Å². The van der Waals surface area contributed by atoms with E-state index in [0.717, 1.165) is 25.4 Å². The minimum Gasteiger partial charge on any atom is -0.0881 e. The van der Waals surface area contributed by atoms with Crippen LogP contribution in [0, 0.1) is 0 Å². The van der Waals surface area contributed by atoms with Crippen LogP contribution in [0.15, 0.2) is 133 Å². The molecule has 4 aromatic rings. The van der Waals surface area contributed by atoms with Gasteiger partial charge in [-0.1, -0.05) is 97.1 Å². The lowest BCUT2D eigenvalue weighted by atomic mass is 10.1. The zero-order valence-corrected chi connectivity index (χ0v) is 18.9. The highest BCUT2D eigenvalue weighted by Crippen LogP contribution is 2.55. The van der Waals surface area contributed by atoms with E-state index in [1.807, 2.05) is 0 Å². The van der Waals surface area contributed by atoms with Crippen LogP contribution in [0.1, 0.15) is 18.4 Å². The first kappa shape index (κ1) is 21.3. The minimum absolute atomic E-state index is 1.08. The van der Waals surface area contributed by atoms with Crippen LogP contribution in [0.5, 0.6) is 0 Å². The molecular weight excluding hydrogens is 391 g/mol. The van der Waals surface area contributed by atoms with Crippen LogP contribution in [0.4, 0.5) is 0 Å². The summed E-state index contributed by atoms with van der Waals surface area (Å²) >= 11 is 0. The second-order valence-electron chi connectivity index (χ2n) is 7.82. The van der Waals surface area contributed by atoms with Crippen LogP contribution < -0.4 is 15.9 Å². The molecular formula is C30H30P+. The Morgan fingerprint density at radius 1 is 0.452 bits per heavy atom. The van der Waals surface area contributed by atoms with E-state index >= 15 is 0 Å². The van der Waals surface area contributed by atoms with Crippen LogP contribution in [0.3, 0.4) is 0 Å². The second kappa shape index (κ2) is 10.9. The number of aryl methyl sites for hydroxylation is 1. The fraction of sp³-hybridized carbons (Fsp3) is 0.133. The van der Waals surface area contributed by atoms with Gasteiger partial charge in [0, 0.05) is 6.42 Å². The van der Waals surface area contributed by atoms with Gasteiger partial charge in [0.1, 0.15) is 23.2 Å². The van der Waals surface area contributed by atoms with Crippen molar-refractivity contribution in [2.24, 2.45) is 0 Å². The van der Waals surface area contributed by atoms with Gasteiger partial charge in [0.15, 0.2) is 0 Å². The lowest BCUT2D eigenvalue weighted by molar-refractivity contribution is 0.992. The maximum absolute atomic E-state index is 2.40. The first-order valence-corrected chi connectivity index (χ1v) is 13.1. The van der Waals surface area contributed by atoms with E-state index in [1.165, 1.54) is 21.5 Å². The Morgan fingerprint density at radius 2 is 0.839 bits per heavy atom. The quantitative estimate of drug-likeness (QED) is 0.212. The molecule has 4 aromatic carbocycles. The third-order valence-corrected chi connectivity index (χ3v) is 10.3. The summed E-state index contributed by atoms with van der Waals surface area (Å²) in [5.74, 6) is 0. The van der Waals surface area contributed by atoms with E-state index in [9.17, 15) is 0 Å². The van der Waals surface area contributed by atoms with Gasteiger partial charge in [-0.2, -0.15) is 0 Å². The number of rotatable bonds is 9. The smallest absolute Gasteiger partial charge is 0.0881 e. The number of benzene rings is 4. The molecule has 0 bridgehead atoms. The van der Waals surface area contributed by atoms with E-state index in [2.05, 4.69) is 133 Å². The van der Waals surface area contributed by atoms with Crippen LogP contribution in [0.2, 0.25) is 0 Å². The molecule has 0 aromatic heterocycles. The largest absolute Gasteiger partial charge is 0.112 e. The van der Waals surface area contributed by atoms with Crippen molar-refractivity contribution in [1.82, 2.24) is 0 Å². The van der Waals surface area contributed by atoms with Crippen molar-refractivity contribution < 1.29 is 0 Å². The SMILES string of the molecule is C(=C\CC[P+](c1ccccc1)(c1ccccc1)c1ccccc1)/CCc1ccccc1. The highest BCUT2D eigenvalue weighted by Gasteiger charge is 2.44. The number of hydrogen-bond acceptors (Lipinski definition) is 0. The van der Waals surface area contributed by atoms with Gasteiger partial charge in [0.2, 0.25) is 0 Å². The van der Waals surface area contributed by atoms with Crippen molar-refractivity contribution in [1.29, 1.82) is 0 Å². The van der Waals surface area contributed by atoms with Gasteiger partial charge in [-0.05, 0) is 54.8 Å². The van der Waals surface area contributed by atoms with Crippen LogP contribution in [-0.4, -0.2) is 6.16 Å². The van der Waals surface area contributed by atoms with Crippen LogP contribution >= 0.6 is 7.26 Å². The molecule has 1 heteroatoms. The Labute approximate surface area is 187 Å². The van der Waals surface area contributed by atoms with Crippen molar-refractivity contribution in [3.05, 3.63) is 139 Å². The van der Waals surface area contributed by atoms with Crippen molar-refractivity contribution in [2.45, 2.75) is 19.3 Å². The van der Waals surface area contributed by atoms with Gasteiger partial charge >= 0.3 is 0 Å². The van der Waals surface area contributed by atoms with Crippen molar-refractivity contribution in [2.75, 3.05) is 6.16 Å².